The Morgan fingerprint density at radius 3 is 2.83 bits per heavy atom. The fraction of sp³-hybridized carbons (Fsp3) is 0.769. The Morgan fingerprint density at radius 2 is 2.33 bits per heavy atom. The van der Waals surface area contributed by atoms with Crippen LogP contribution in [0.2, 0.25) is 0 Å². The zero-order valence-electron chi connectivity index (χ0n) is 11.6. The molecule has 0 radical (unpaired) electrons. The fourth-order valence-electron chi connectivity index (χ4n) is 2.34. The molecule has 5 heteroatoms. The summed E-state index contributed by atoms with van der Waals surface area (Å²) in [5.41, 5.74) is 7.27. The van der Waals surface area contributed by atoms with E-state index in [1.54, 1.807) is 11.3 Å². The average Bonchev–Trinajstić information content (AvgIpc) is 2.80. The SMILES string of the molecule is Cc1nc(C)c(C(C)NCC2(C)COCC2N)s1. The summed E-state index contributed by atoms with van der Waals surface area (Å²) in [7, 11) is 0. The van der Waals surface area contributed by atoms with Crippen LogP contribution >= 0.6 is 11.3 Å². The highest BCUT2D eigenvalue weighted by molar-refractivity contribution is 7.11. The van der Waals surface area contributed by atoms with Crippen LogP contribution in [0.1, 0.15) is 35.5 Å². The topological polar surface area (TPSA) is 60.2 Å². The van der Waals surface area contributed by atoms with Gasteiger partial charge >= 0.3 is 0 Å². The third kappa shape index (κ3) is 2.74. The van der Waals surface area contributed by atoms with E-state index >= 15 is 0 Å². The number of ether oxygens (including phenoxy) is 1. The van der Waals surface area contributed by atoms with Gasteiger partial charge in [0.2, 0.25) is 0 Å². The third-order valence-corrected chi connectivity index (χ3v) is 5.02. The molecule has 0 spiro atoms. The Hall–Kier alpha value is -0.490. The summed E-state index contributed by atoms with van der Waals surface area (Å²) in [6, 6.07) is 0.447. The van der Waals surface area contributed by atoms with E-state index in [0.29, 0.717) is 12.6 Å². The maximum atomic E-state index is 6.10. The van der Waals surface area contributed by atoms with Crippen LogP contribution in [0, 0.1) is 19.3 Å². The predicted molar refractivity (Wildman–Crippen MR) is 74.9 cm³/mol. The van der Waals surface area contributed by atoms with Crippen LogP contribution in [-0.4, -0.2) is 30.8 Å². The summed E-state index contributed by atoms with van der Waals surface area (Å²) in [6.45, 7) is 10.8. The minimum absolute atomic E-state index is 0.0435. The minimum atomic E-state index is 0.0435. The maximum Gasteiger partial charge on any atom is 0.0900 e. The van der Waals surface area contributed by atoms with Crippen molar-refractivity contribution >= 4 is 11.3 Å². The second-order valence-electron chi connectivity index (χ2n) is 5.56. The Morgan fingerprint density at radius 1 is 1.61 bits per heavy atom. The summed E-state index contributed by atoms with van der Waals surface area (Å²) < 4.78 is 5.46. The molecule has 1 aliphatic rings. The fourth-order valence-corrected chi connectivity index (χ4v) is 3.29. The smallest absolute Gasteiger partial charge is 0.0900 e. The van der Waals surface area contributed by atoms with Gasteiger partial charge in [-0.05, 0) is 20.8 Å². The largest absolute Gasteiger partial charge is 0.379 e. The normalized spacial score (nSPS) is 29.7. The van der Waals surface area contributed by atoms with Gasteiger partial charge in [-0.2, -0.15) is 0 Å². The molecule has 1 aromatic rings. The summed E-state index contributed by atoms with van der Waals surface area (Å²) >= 11 is 1.77. The molecule has 3 unspecified atom stereocenters. The van der Waals surface area contributed by atoms with Crippen LogP contribution in [0.4, 0.5) is 0 Å². The van der Waals surface area contributed by atoms with E-state index < -0.39 is 0 Å². The molecule has 0 aromatic carbocycles. The molecule has 18 heavy (non-hydrogen) atoms. The molecule has 2 heterocycles. The van der Waals surface area contributed by atoms with Crippen molar-refractivity contribution in [2.24, 2.45) is 11.1 Å². The molecule has 1 fully saturated rings. The van der Waals surface area contributed by atoms with Gasteiger partial charge in [-0.1, -0.05) is 6.92 Å². The van der Waals surface area contributed by atoms with E-state index in [1.807, 2.05) is 0 Å². The number of nitrogens with one attached hydrogen (secondary N) is 1. The zero-order chi connectivity index (χ0) is 13.3. The number of hydrogen-bond donors (Lipinski definition) is 2. The molecule has 2 rings (SSSR count). The molecule has 0 aliphatic carbocycles. The van der Waals surface area contributed by atoms with Crippen molar-refractivity contribution in [3.8, 4) is 0 Å². The maximum absolute atomic E-state index is 6.10. The quantitative estimate of drug-likeness (QED) is 0.874. The first-order valence-electron chi connectivity index (χ1n) is 6.43. The molecular weight excluding hydrogens is 246 g/mol. The van der Waals surface area contributed by atoms with Gasteiger partial charge in [0.05, 0.1) is 23.9 Å². The van der Waals surface area contributed by atoms with Gasteiger partial charge < -0.3 is 15.8 Å². The van der Waals surface area contributed by atoms with Crippen molar-refractivity contribution in [3.05, 3.63) is 15.6 Å². The van der Waals surface area contributed by atoms with Crippen molar-refractivity contribution < 1.29 is 4.74 Å². The van der Waals surface area contributed by atoms with Crippen molar-refractivity contribution in [1.82, 2.24) is 10.3 Å². The van der Waals surface area contributed by atoms with Gasteiger partial charge in [-0.25, -0.2) is 4.98 Å². The van der Waals surface area contributed by atoms with Gasteiger partial charge in [0.15, 0.2) is 0 Å². The first-order valence-corrected chi connectivity index (χ1v) is 7.24. The van der Waals surface area contributed by atoms with E-state index in [-0.39, 0.29) is 11.5 Å². The van der Waals surface area contributed by atoms with Gasteiger partial charge in [0, 0.05) is 28.9 Å². The molecular formula is C13H23N3OS. The standard InChI is InChI=1S/C13H23N3OS/c1-8(12-9(2)16-10(3)18-12)15-6-13(4)7-17-5-11(13)14/h8,11,15H,5-7,14H2,1-4H3. The van der Waals surface area contributed by atoms with Crippen LogP contribution in [0.5, 0.6) is 0 Å². The molecule has 0 saturated carbocycles. The highest BCUT2D eigenvalue weighted by atomic mass is 32.1. The molecule has 1 aromatic heterocycles. The second kappa shape index (κ2) is 5.25. The molecule has 4 nitrogen and oxygen atoms in total. The lowest BCUT2D eigenvalue weighted by atomic mass is 9.85. The monoisotopic (exact) mass is 269 g/mol. The minimum Gasteiger partial charge on any atom is -0.379 e. The Balaban J connectivity index is 1.96. The van der Waals surface area contributed by atoms with Crippen LogP contribution in [0.3, 0.4) is 0 Å². The van der Waals surface area contributed by atoms with E-state index in [4.69, 9.17) is 10.5 Å². The zero-order valence-corrected chi connectivity index (χ0v) is 12.4. The van der Waals surface area contributed by atoms with E-state index in [1.165, 1.54) is 4.88 Å². The molecule has 3 N–H and O–H groups in total. The molecule has 1 saturated heterocycles. The average molecular weight is 269 g/mol. The molecule has 0 bridgehead atoms. The van der Waals surface area contributed by atoms with Gasteiger partial charge in [-0.15, -0.1) is 11.3 Å². The number of aryl methyl sites for hydroxylation is 2. The molecule has 102 valence electrons. The summed E-state index contributed by atoms with van der Waals surface area (Å²) in [4.78, 5) is 5.80. The predicted octanol–water partition coefficient (Wildman–Crippen LogP) is 1.77. The van der Waals surface area contributed by atoms with Crippen LogP contribution < -0.4 is 11.1 Å². The Kier molecular flexibility index (Phi) is 4.06. The van der Waals surface area contributed by atoms with Gasteiger partial charge in [-0.3, -0.25) is 0 Å². The number of hydrogen-bond acceptors (Lipinski definition) is 5. The van der Waals surface area contributed by atoms with Crippen molar-refractivity contribution in [2.45, 2.75) is 39.8 Å². The highest BCUT2D eigenvalue weighted by Crippen LogP contribution is 2.29. The van der Waals surface area contributed by atoms with E-state index in [0.717, 1.165) is 23.9 Å². The van der Waals surface area contributed by atoms with E-state index in [9.17, 15) is 0 Å². The summed E-state index contributed by atoms with van der Waals surface area (Å²) in [5.74, 6) is 0. The lowest BCUT2D eigenvalue weighted by Crippen LogP contribution is -2.45. The number of aromatic nitrogens is 1. The number of thiazole rings is 1. The van der Waals surface area contributed by atoms with Crippen LogP contribution in [0.15, 0.2) is 0 Å². The highest BCUT2D eigenvalue weighted by Gasteiger charge is 2.37. The lowest BCUT2D eigenvalue weighted by Gasteiger charge is -2.28. The molecule has 0 amide bonds. The first-order chi connectivity index (χ1) is 8.42. The van der Waals surface area contributed by atoms with Crippen LogP contribution in [-0.2, 0) is 4.74 Å². The lowest BCUT2D eigenvalue weighted by molar-refractivity contribution is 0.156. The van der Waals surface area contributed by atoms with Gasteiger partial charge in [0.1, 0.15) is 0 Å². The number of rotatable bonds is 4. The third-order valence-electron chi connectivity index (χ3n) is 3.77. The number of nitrogens with zero attached hydrogens (tertiary/aromatic N) is 1. The van der Waals surface area contributed by atoms with Gasteiger partial charge in [0.25, 0.3) is 0 Å². The summed E-state index contributed by atoms with van der Waals surface area (Å²) in [5, 5.41) is 4.70. The summed E-state index contributed by atoms with van der Waals surface area (Å²) in [6.07, 6.45) is 0. The second-order valence-corrected chi connectivity index (χ2v) is 6.80. The Labute approximate surface area is 113 Å². The first kappa shape index (κ1) is 13.9. The molecule has 1 aliphatic heterocycles. The van der Waals surface area contributed by atoms with Crippen molar-refractivity contribution in [1.29, 1.82) is 0 Å². The Bertz CT molecular complexity index is 420. The van der Waals surface area contributed by atoms with E-state index in [2.05, 4.69) is 38.0 Å². The van der Waals surface area contributed by atoms with Crippen molar-refractivity contribution in [2.75, 3.05) is 19.8 Å². The molecule has 3 atom stereocenters. The van der Waals surface area contributed by atoms with Crippen molar-refractivity contribution in [3.63, 3.8) is 0 Å². The van der Waals surface area contributed by atoms with Crippen LogP contribution in [0.25, 0.3) is 0 Å². The number of nitrogens with two attached hydrogens (primary N) is 1.